The second-order valence-electron chi connectivity index (χ2n) is 17.5. The third-order valence-corrected chi connectivity index (χ3v) is 11.5. The quantitative estimate of drug-likeness (QED) is 0.0123. The van der Waals surface area contributed by atoms with Crippen molar-refractivity contribution < 1.29 is 61.8 Å². The summed E-state index contributed by atoms with van der Waals surface area (Å²) < 4.78 is 60.6. The summed E-state index contributed by atoms with van der Waals surface area (Å²) in [4.78, 5) is 43.0. The highest BCUT2D eigenvalue weighted by Crippen LogP contribution is 2.37. The van der Waals surface area contributed by atoms with E-state index in [-0.39, 0.29) is 33.0 Å². The first kappa shape index (κ1) is 54.8. The molecule has 0 unspecified atom stereocenters. The molecule has 0 radical (unpaired) electrons. The predicted octanol–water partition coefficient (Wildman–Crippen LogP) is 9.07. The number of rotatable bonds is 20. The summed E-state index contributed by atoms with van der Waals surface area (Å²) in [6, 6.07) is 33.7. The number of ether oxygens (including phenoxy) is 10. The van der Waals surface area contributed by atoms with Crippen LogP contribution in [0.2, 0.25) is 0 Å². The fraction of sp³-hybridized carbons (Fsp3) is 0.440. The molecule has 21 heteroatoms. The molecular weight excluding hydrogens is 985 g/mol. The molecule has 0 saturated carbocycles. The third kappa shape index (κ3) is 16.5. The van der Waals surface area contributed by atoms with E-state index in [1.807, 2.05) is 72.8 Å². The van der Waals surface area contributed by atoms with Gasteiger partial charge in [0, 0.05) is 11.8 Å². The van der Waals surface area contributed by atoms with Crippen LogP contribution in [0, 0.1) is 10.8 Å². The first-order chi connectivity index (χ1) is 34.0. The largest absolute Gasteiger partial charge is 0.463 e. The van der Waals surface area contributed by atoms with Gasteiger partial charge in [0.15, 0.2) is 6.29 Å². The van der Waals surface area contributed by atoms with Gasteiger partial charge in [-0.15, -0.1) is 0 Å². The van der Waals surface area contributed by atoms with Crippen molar-refractivity contribution in [1.29, 1.82) is 5.41 Å². The fourth-order valence-electron chi connectivity index (χ4n) is 7.48. The van der Waals surface area contributed by atoms with Gasteiger partial charge in [-0.2, -0.15) is 0 Å². The number of benzene rings is 4. The number of nitrogens with one attached hydrogen (secondary N) is 2. The molecule has 4 aromatic rings. The molecule has 1 amide bonds. The Hall–Kier alpha value is -5.50. The Morgan fingerprint density at radius 1 is 0.648 bits per heavy atom. The minimum absolute atomic E-state index is 0.00721. The summed E-state index contributed by atoms with van der Waals surface area (Å²) in [6.45, 7) is 5.18. The van der Waals surface area contributed by atoms with Crippen molar-refractivity contribution in [2.75, 3.05) is 13.2 Å². The maximum Gasteiger partial charge on any atom is 0.407 e. The molecule has 0 bridgehead atoms. The van der Waals surface area contributed by atoms with Crippen LogP contribution in [0.25, 0.3) is 10.4 Å². The first-order valence-corrected chi connectivity index (χ1v) is 23.7. The van der Waals surface area contributed by atoms with E-state index in [2.05, 4.69) is 15.3 Å². The maximum absolute atomic E-state index is 14.1. The van der Waals surface area contributed by atoms with Crippen LogP contribution in [0.5, 0.6) is 0 Å². The van der Waals surface area contributed by atoms with Gasteiger partial charge in [0.05, 0.1) is 25.2 Å². The minimum Gasteiger partial charge on any atom is -0.463 e. The number of alkyl carbamates (subject to hydrolysis) is 1. The Balaban J connectivity index is 1.48. The highest BCUT2D eigenvalue weighted by Gasteiger charge is 2.55. The molecule has 2 N–H and O–H groups in total. The maximum atomic E-state index is 14.1. The van der Waals surface area contributed by atoms with Crippen molar-refractivity contribution in [3.63, 3.8) is 0 Å². The van der Waals surface area contributed by atoms with Gasteiger partial charge >= 0.3 is 18.0 Å². The van der Waals surface area contributed by atoms with Gasteiger partial charge in [-0.25, -0.2) is 4.79 Å². The Kier molecular flexibility index (Phi) is 20.3. The molecule has 2 saturated heterocycles. The van der Waals surface area contributed by atoms with Crippen LogP contribution < -0.4 is 5.32 Å². The number of hydrogen-bond acceptors (Lipinski definition) is 15. The summed E-state index contributed by atoms with van der Waals surface area (Å²) >= 11 is 18.1. The van der Waals surface area contributed by atoms with Gasteiger partial charge in [-0.3, -0.25) is 15.0 Å². The number of halogens is 3. The van der Waals surface area contributed by atoms with E-state index in [0.717, 1.165) is 11.1 Å². The second kappa shape index (κ2) is 26.3. The normalized spacial score (nSPS) is 24.4. The zero-order valence-electron chi connectivity index (χ0n) is 39.3. The average molecular weight is 1040 g/mol. The Morgan fingerprint density at radius 3 is 1.58 bits per heavy atom. The SMILES string of the molecule is CC(=O)OC[C@H]1O[C@H](OC(=N)C(Cl)(Cl)Cl)[C@H](N=[N+]=[N-])[C@@H](OCc2ccccc2)[C@@H]1O[C@@H]1O[C@H](COC(=O)C(C)(C)C)[C@@H](OCc2ccccc2)[C@H](OCc2ccccc2)[C@H]1NC(=O)OCc1ccccc1. The molecule has 0 spiro atoms. The zero-order valence-corrected chi connectivity index (χ0v) is 41.6. The molecule has 6 rings (SSSR count). The van der Waals surface area contributed by atoms with Gasteiger partial charge in [0.25, 0.3) is 3.79 Å². The van der Waals surface area contributed by atoms with Crippen molar-refractivity contribution in [3.8, 4) is 0 Å². The molecule has 2 fully saturated rings. The third-order valence-electron chi connectivity index (χ3n) is 11.0. The number of carbonyl (C=O) groups excluding carboxylic acids is 3. The van der Waals surface area contributed by atoms with Gasteiger partial charge in [-0.05, 0) is 48.6 Å². The molecule has 18 nitrogen and oxygen atoms in total. The van der Waals surface area contributed by atoms with Crippen LogP contribution in [0.3, 0.4) is 0 Å². The first-order valence-electron chi connectivity index (χ1n) is 22.6. The Morgan fingerprint density at radius 2 is 1.10 bits per heavy atom. The molecule has 2 aliphatic heterocycles. The van der Waals surface area contributed by atoms with Gasteiger partial charge in [0.2, 0.25) is 12.2 Å². The minimum atomic E-state index is -2.38. The van der Waals surface area contributed by atoms with E-state index < -0.39 is 101 Å². The van der Waals surface area contributed by atoms with E-state index >= 15 is 0 Å². The molecule has 2 heterocycles. The molecule has 71 heavy (non-hydrogen) atoms. The lowest BCUT2D eigenvalue weighted by Gasteiger charge is -2.49. The van der Waals surface area contributed by atoms with Crippen LogP contribution >= 0.6 is 34.8 Å². The highest BCUT2D eigenvalue weighted by molar-refractivity contribution is 6.76. The Bertz CT molecular complexity index is 2380. The lowest BCUT2D eigenvalue weighted by Crippen LogP contribution is -2.69. The summed E-state index contributed by atoms with van der Waals surface area (Å²) in [7, 11) is 0. The number of hydrogen-bond donors (Lipinski definition) is 2. The van der Waals surface area contributed by atoms with Crippen LogP contribution in [0.1, 0.15) is 49.9 Å². The summed E-state index contributed by atoms with van der Waals surface area (Å²) in [5.41, 5.74) is 12.0. The summed E-state index contributed by atoms with van der Waals surface area (Å²) in [6.07, 6.45) is -11.8. The van der Waals surface area contributed by atoms with Crippen molar-refractivity contribution in [2.24, 2.45) is 10.5 Å². The van der Waals surface area contributed by atoms with Crippen molar-refractivity contribution in [1.82, 2.24) is 5.32 Å². The van der Waals surface area contributed by atoms with Gasteiger partial charge < -0.3 is 52.7 Å². The van der Waals surface area contributed by atoms with Gasteiger partial charge in [-0.1, -0.05) is 161 Å². The highest BCUT2D eigenvalue weighted by atomic mass is 35.6. The van der Waals surface area contributed by atoms with E-state index in [0.29, 0.717) is 11.1 Å². The predicted molar refractivity (Wildman–Crippen MR) is 260 cm³/mol. The molecular formula is C50H56Cl3N5O13. The summed E-state index contributed by atoms with van der Waals surface area (Å²) in [5.74, 6) is -2.15. The number of nitrogens with zero attached hydrogens (tertiary/aromatic N) is 3. The molecule has 10 atom stereocenters. The van der Waals surface area contributed by atoms with Crippen molar-refractivity contribution in [3.05, 3.63) is 154 Å². The van der Waals surface area contributed by atoms with E-state index in [1.165, 1.54) is 6.92 Å². The molecule has 2 aliphatic rings. The number of amides is 1. The summed E-state index contributed by atoms with van der Waals surface area (Å²) in [5, 5.41) is 15.3. The van der Waals surface area contributed by atoms with E-state index in [1.54, 1.807) is 69.3 Å². The van der Waals surface area contributed by atoms with E-state index in [9.17, 15) is 19.9 Å². The number of azide groups is 1. The monoisotopic (exact) mass is 1040 g/mol. The molecule has 0 aromatic heterocycles. The van der Waals surface area contributed by atoms with Crippen molar-refractivity contribution in [2.45, 2.75) is 119 Å². The van der Waals surface area contributed by atoms with Gasteiger partial charge in [0.1, 0.15) is 68.5 Å². The topological polar surface area (TPSA) is 228 Å². The van der Waals surface area contributed by atoms with Crippen molar-refractivity contribution >= 4 is 58.7 Å². The molecule has 4 aromatic carbocycles. The zero-order chi connectivity index (χ0) is 51.0. The standard InChI is InChI=1S/C50H56Cl3N5O13/c1-31(59)62-29-37-41(43(65-27-34-21-13-7-14-22-34)39(57-58-55)45(69-37)71-46(54)50(51,52)53)70-44-38(56-48(61)67-28-35-23-15-8-16-24-35)42(64-26-33-19-11-6-12-20-33)40(63-25-32-17-9-5-10-18-32)36(68-44)30-66-47(60)49(2,3)4/h5-24,36-45,54H,25-30H2,1-4H3,(H,56,61)/t36-,37-,38-,39-,40-,41-,42-,43-,44+,45-/m1/s1. The smallest absolute Gasteiger partial charge is 0.407 e. The lowest BCUT2D eigenvalue weighted by atomic mass is 9.94. The average Bonchev–Trinajstić information content (AvgIpc) is 3.35. The van der Waals surface area contributed by atoms with Crippen LogP contribution in [0.4, 0.5) is 4.79 Å². The second-order valence-corrected chi connectivity index (χ2v) is 19.8. The molecule has 0 aliphatic carbocycles. The van der Waals surface area contributed by atoms with E-state index in [4.69, 9.17) is 87.6 Å². The molecule has 380 valence electrons. The number of esters is 2. The number of carbonyl (C=O) groups is 3. The fourth-order valence-corrected chi connectivity index (χ4v) is 7.61. The Labute approximate surface area is 426 Å². The van der Waals surface area contributed by atoms with Crippen LogP contribution in [0.15, 0.2) is 126 Å². The van der Waals surface area contributed by atoms with Crippen LogP contribution in [-0.2, 0) is 83.4 Å². The van der Waals surface area contributed by atoms with Crippen LogP contribution in [-0.4, -0.2) is 102 Å². The number of alkyl halides is 3. The lowest BCUT2D eigenvalue weighted by molar-refractivity contribution is -0.336.